The summed E-state index contributed by atoms with van der Waals surface area (Å²) in [7, 11) is 0. The third-order valence-electron chi connectivity index (χ3n) is 1.41. The number of nitrogens with one attached hydrogen (secondary N) is 2. The molecular formula is C9H18N4O2. The predicted molar refractivity (Wildman–Crippen MR) is 58.3 cm³/mol. The molecule has 86 valence electrons. The molecule has 6 nitrogen and oxygen atoms in total. The molecule has 0 saturated heterocycles. The summed E-state index contributed by atoms with van der Waals surface area (Å²) in [5, 5.41) is 15.3. The van der Waals surface area contributed by atoms with Crippen LogP contribution in [0, 0.1) is 10.8 Å². The van der Waals surface area contributed by atoms with Crippen LogP contribution in [-0.4, -0.2) is 34.7 Å². The molecule has 0 aliphatic heterocycles. The van der Waals surface area contributed by atoms with Gasteiger partial charge < -0.3 is 15.6 Å². The van der Waals surface area contributed by atoms with Crippen molar-refractivity contribution < 1.29 is 9.53 Å². The average Bonchev–Trinajstić information content (AvgIpc) is 2.00. The van der Waals surface area contributed by atoms with E-state index in [1.165, 1.54) is 6.92 Å². The molecule has 15 heavy (non-hydrogen) atoms. The van der Waals surface area contributed by atoms with Gasteiger partial charge in [0.25, 0.3) is 0 Å². The number of amides is 1. The largest absolute Gasteiger partial charge is 0.443 e. The van der Waals surface area contributed by atoms with Gasteiger partial charge >= 0.3 is 6.09 Å². The van der Waals surface area contributed by atoms with Crippen LogP contribution in [0.2, 0.25) is 0 Å². The highest BCUT2D eigenvalue weighted by Crippen LogP contribution is 2.08. The van der Waals surface area contributed by atoms with E-state index in [0.717, 1.165) is 5.01 Å². The van der Waals surface area contributed by atoms with Crippen LogP contribution >= 0.6 is 0 Å². The number of ether oxygens (including phenoxy) is 1. The molecule has 4 N–H and O–H groups in total. The first kappa shape index (κ1) is 13.6. The summed E-state index contributed by atoms with van der Waals surface area (Å²) in [4.78, 5) is 11.3. The monoisotopic (exact) mass is 214 g/mol. The fourth-order valence-electron chi connectivity index (χ4n) is 0.674. The van der Waals surface area contributed by atoms with Crippen LogP contribution in [0.25, 0.3) is 0 Å². The summed E-state index contributed by atoms with van der Waals surface area (Å²) >= 11 is 0. The smallest absolute Gasteiger partial charge is 0.424 e. The molecule has 0 spiro atoms. The first-order valence-electron chi connectivity index (χ1n) is 4.51. The van der Waals surface area contributed by atoms with Crippen LogP contribution < -0.4 is 5.84 Å². The van der Waals surface area contributed by atoms with Crippen molar-refractivity contribution in [1.82, 2.24) is 5.01 Å². The van der Waals surface area contributed by atoms with E-state index in [4.69, 9.17) is 21.4 Å². The Hall–Kier alpha value is -1.43. The number of rotatable bonds is 3. The van der Waals surface area contributed by atoms with Crippen LogP contribution in [0.5, 0.6) is 0 Å². The van der Waals surface area contributed by atoms with Crippen LogP contribution in [0.4, 0.5) is 4.79 Å². The molecule has 0 rings (SSSR count). The predicted octanol–water partition coefficient (Wildman–Crippen LogP) is 1.16. The third-order valence-corrected chi connectivity index (χ3v) is 1.41. The molecule has 0 aromatic carbocycles. The van der Waals surface area contributed by atoms with E-state index in [2.05, 4.69) is 0 Å². The summed E-state index contributed by atoms with van der Waals surface area (Å²) in [6.45, 7) is 6.53. The number of hydrogen-bond acceptors (Lipinski definition) is 5. The standard InChI is InChI=1S/C9H18N4O2/c1-6(10)7(11)5-13(12)8(14)15-9(2,3)4/h10-11H,5,12H2,1-4H3. The Morgan fingerprint density at radius 3 is 2.20 bits per heavy atom. The van der Waals surface area contributed by atoms with E-state index in [0.29, 0.717) is 0 Å². The summed E-state index contributed by atoms with van der Waals surface area (Å²) in [5.74, 6) is 5.38. The van der Waals surface area contributed by atoms with Crippen molar-refractivity contribution in [3.05, 3.63) is 0 Å². The van der Waals surface area contributed by atoms with Crippen LogP contribution in [0.3, 0.4) is 0 Å². The normalized spacial score (nSPS) is 10.7. The van der Waals surface area contributed by atoms with Crippen LogP contribution in [-0.2, 0) is 4.74 Å². The van der Waals surface area contributed by atoms with Gasteiger partial charge in [-0.05, 0) is 27.7 Å². The van der Waals surface area contributed by atoms with Gasteiger partial charge in [0, 0.05) is 0 Å². The van der Waals surface area contributed by atoms with Gasteiger partial charge in [-0.15, -0.1) is 0 Å². The van der Waals surface area contributed by atoms with Gasteiger partial charge in [0.05, 0.1) is 18.0 Å². The topological polar surface area (TPSA) is 103 Å². The second-order valence-electron chi connectivity index (χ2n) is 4.21. The molecule has 0 bridgehead atoms. The molecule has 0 aliphatic carbocycles. The zero-order valence-corrected chi connectivity index (χ0v) is 9.55. The minimum absolute atomic E-state index is 0.0108. The van der Waals surface area contributed by atoms with Crippen molar-refractivity contribution in [2.24, 2.45) is 5.84 Å². The number of carbonyl (C=O) groups excluding carboxylic acids is 1. The summed E-state index contributed by atoms with van der Waals surface area (Å²) in [6, 6.07) is 0. The zero-order chi connectivity index (χ0) is 12.2. The lowest BCUT2D eigenvalue weighted by atomic mass is 10.2. The Labute approximate surface area is 89.4 Å². The lowest BCUT2D eigenvalue weighted by molar-refractivity contribution is 0.0278. The number of nitrogens with two attached hydrogens (primary N) is 1. The highest BCUT2D eigenvalue weighted by molar-refractivity contribution is 6.39. The number of carbonyl (C=O) groups is 1. The highest BCUT2D eigenvalue weighted by atomic mass is 16.6. The molecule has 0 aliphatic rings. The molecule has 6 heteroatoms. The fraction of sp³-hybridized carbons (Fsp3) is 0.667. The van der Waals surface area contributed by atoms with Gasteiger partial charge in [-0.2, -0.15) is 0 Å². The second-order valence-corrected chi connectivity index (χ2v) is 4.21. The van der Waals surface area contributed by atoms with E-state index in [9.17, 15) is 4.79 Å². The molecular weight excluding hydrogens is 196 g/mol. The SMILES string of the molecule is CC(=N)C(=N)CN(N)C(=O)OC(C)(C)C. The maximum absolute atomic E-state index is 11.3. The van der Waals surface area contributed by atoms with Crippen molar-refractivity contribution in [2.45, 2.75) is 33.3 Å². The minimum Gasteiger partial charge on any atom is -0.443 e. The van der Waals surface area contributed by atoms with E-state index in [1.807, 2.05) is 0 Å². The van der Waals surface area contributed by atoms with Crippen molar-refractivity contribution in [3.8, 4) is 0 Å². The molecule has 1 amide bonds. The Bertz CT molecular complexity index is 280. The first-order chi connectivity index (χ1) is 6.63. The van der Waals surface area contributed by atoms with Gasteiger partial charge in [-0.25, -0.2) is 15.6 Å². The molecule has 0 fully saturated rings. The Balaban J connectivity index is 4.23. The maximum atomic E-state index is 11.3. The lowest BCUT2D eigenvalue weighted by Gasteiger charge is -2.24. The third kappa shape index (κ3) is 5.79. The lowest BCUT2D eigenvalue weighted by Crippen LogP contribution is -2.45. The van der Waals surface area contributed by atoms with Gasteiger partial charge in [0.1, 0.15) is 5.60 Å². The zero-order valence-electron chi connectivity index (χ0n) is 9.55. The van der Waals surface area contributed by atoms with E-state index in [1.54, 1.807) is 20.8 Å². The van der Waals surface area contributed by atoms with Crippen molar-refractivity contribution in [1.29, 1.82) is 10.8 Å². The molecule has 0 radical (unpaired) electrons. The molecule has 0 saturated carbocycles. The van der Waals surface area contributed by atoms with Crippen LogP contribution in [0.1, 0.15) is 27.7 Å². The molecule has 0 atom stereocenters. The highest BCUT2D eigenvalue weighted by Gasteiger charge is 2.20. The van der Waals surface area contributed by atoms with Crippen LogP contribution in [0.15, 0.2) is 0 Å². The van der Waals surface area contributed by atoms with Crippen molar-refractivity contribution in [2.75, 3.05) is 6.54 Å². The van der Waals surface area contributed by atoms with E-state index < -0.39 is 11.7 Å². The van der Waals surface area contributed by atoms with E-state index >= 15 is 0 Å². The molecule has 0 heterocycles. The average molecular weight is 214 g/mol. The number of nitrogens with zero attached hydrogens (tertiary/aromatic N) is 1. The van der Waals surface area contributed by atoms with Crippen molar-refractivity contribution >= 4 is 17.5 Å². The van der Waals surface area contributed by atoms with Crippen molar-refractivity contribution in [3.63, 3.8) is 0 Å². The quantitative estimate of drug-likeness (QED) is 0.284. The number of hydrazine groups is 1. The molecule has 0 aromatic heterocycles. The summed E-state index contributed by atoms with van der Waals surface area (Å²) in [6.07, 6.45) is -0.700. The summed E-state index contributed by atoms with van der Waals surface area (Å²) in [5.41, 5.74) is -0.547. The Morgan fingerprint density at radius 1 is 1.40 bits per heavy atom. The first-order valence-corrected chi connectivity index (χ1v) is 4.51. The fourth-order valence-corrected chi connectivity index (χ4v) is 0.674. The van der Waals surface area contributed by atoms with Gasteiger partial charge in [-0.3, -0.25) is 0 Å². The van der Waals surface area contributed by atoms with Gasteiger partial charge in [0.2, 0.25) is 0 Å². The molecule has 0 unspecified atom stereocenters. The second kappa shape index (κ2) is 4.88. The summed E-state index contributed by atoms with van der Waals surface area (Å²) < 4.78 is 4.97. The van der Waals surface area contributed by atoms with E-state index in [-0.39, 0.29) is 18.0 Å². The molecule has 0 aromatic rings. The van der Waals surface area contributed by atoms with Gasteiger partial charge in [-0.1, -0.05) is 0 Å². The minimum atomic E-state index is -0.700. The maximum Gasteiger partial charge on any atom is 0.424 e. The Morgan fingerprint density at radius 2 is 1.87 bits per heavy atom. The van der Waals surface area contributed by atoms with Gasteiger partial charge in [0.15, 0.2) is 0 Å². The Kier molecular flexibility index (Phi) is 4.41. The number of hydrogen-bond donors (Lipinski definition) is 3.